The largest absolute Gasteiger partial charge is 0.395 e. The van der Waals surface area contributed by atoms with E-state index in [1.54, 1.807) is 0 Å². The molecule has 0 fully saturated rings. The summed E-state index contributed by atoms with van der Waals surface area (Å²) in [5.41, 5.74) is 0. The summed E-state index contributed by atoms with van der Waals surface area (Å²) < 4.78 is 0. The molecular weight excluding hydrogens is 296 g/mol. The zero-order valence-corrected chi connectivity index (χ0v) is 13.9. The third-order valence-corrected chi connectivity index (χ3v) is 7.06. The van der Waals surface area contributed by atoms with Gasteiger partial charge in [0.25, 0.3) is 0 Å². The predicted octanol–water partition coefficient (Wildman–Crippen LogP) is 2.80. The van der Waals surface area contributed by atoms with Crippen molar-refractivity contribution >= 4 is 60.5 Å². The van der Waals surface area contributed by atoms with E-state index in [2.05, 4.69) is 32.2 Å². The molecule has 0 aromatic heterocycles. The molecular formula is C10H22OS5. The molecule has 0 saturated heterocycles. The minimum Gasteiger partial charge on any atom is -0.395 e. The highest BCUT2D eigenvalue weighted by Gasteiger charge is 2.07. The summed E-state index contributed by atoms with van der Waals surface area (Å²) in [6.45, 7) is 2.35. The number of aliphatic hydroxyl groups is 1. The maximum atomic E-state index is 8.87. The summed E-state index contributed by atoms with van der Waals surface area (Å²) in [7, 11) is 0. The van der Waals surface area contributed by atoms with E-state index >= 15 is 0 Å². The first kappa shape index (κ1) is 17.7. The van der Waals surface area contributed by atoms with Gasteiger partial charge in [-0.1, -0.05) is 6.92 Å². The molecule has 0 bridgehead atoms. The van der Waals surface area contributed by atoms with Crippen molar-refractivity contribution in [3.63, 3.8) is 0 Å². The molecule has 2 atom stereocenters. The predicted molar refractivity (Wildman–Crippen MR) is 90.3 cm³/mol. The van der Waals surface area contributed by atoms with Crippen LogP contribution >= 0.6 is 60.5 Å². The summed E-state index contributed by atoms with van der Waals surface area (Å²) in [6.07, 6.45) is 0. The molecule has 6 heteroatoms. The van der Waals surface area contributed by atoms with Gasteiger partial charge in [-0.2, -0.15) is 60.5 Å². The molecule has 0 aliphatic carbocycles. The Morgan fingerprint density at radius 1 is 1.12 bits per heavy atom. The van der Waals surface area contributed by atoms with E-state index in [9.17, 15) is 0 Å². The zero-order chi connectivity index (χ0) is 12.2. The zero-order valence-electron chi connectivity index (χ0n) is 9.67. The van der Waals surface area contributed by atoms with Gasteiger partial charge >= 0.3 is 0 Å². The molecule has 2 unspecified atom stereocenters. The minimum absolute atomic E-state index is 0.284. The van der Waals surface area contributed by atoms with Crippen LogP contribution in [-0.4, -0.2) is 56.7 Å². The maximum absolute atomic E-state index is 8.87. The Balaban J connectivity index is 3.33. The van der Waals surface area contributed by atoms with Crippen LogP contribution in [0.25, 0.3) is 0 Å². The van der Waals surface area contributed by atoms with Crippen LogP contribution in [0.1, 0.15) is 6.92 Å². The van der Waals surface area contributed by atoms with Gasteiger partial charge in [0.05, 0.1) is 6.61 Å². The van der Waals surface area contributed by atoms with Crippen LogP contribution in [0.15, 0.2) is 0 Å². The molecule has 0 saturated carbocycles. The number of thiol groups is 2. The van der Waals surface area contributed by atoms with Crippen molar-refractivity contribution in [3.05, 3.63) is 0 Å². The van der Waals surface area contributed by atoms with Crippen molar-refractivity contribution in [1.82, 2.24) is 0 Å². The van der Waals surface area contributed by atoms with Gasteiger partial charge in [-0.05, 0) is 5.75 Å². The first-order valence-corrected chi connectivity index (χ1v) is 9.89. The molecule has 0 radical (unpaired) electrons. The monoisotopic (exact) mass is 318 g/mol. The topological polar surface area (TPSA) is 20.2 Å². The Hall–Kier alpha value is 1.71. The smallest absolute Gasteiger partial charge is 0.0547 e. The Morgan fingerprint density at radius 2 is 1.88 bits per heavy atom. The van der Waals surface area contributed by atoms with Gasteiger partial charge in [-0.15, -0.1) is 0 Å². The van der Waals surface area contributed by atoms with Gasteiger partial charge in [0, 0.05) is 39.3 Å². The molecule has 98 valence electrons. The lowest BCUT2D eigenvalue weighted by atomic mass is 10.5. The molecule has 0 spiro atoms. The van der Waals surface area contributed by atoms with Crippen LogP contribution in [-0.2, 0) is 0 Å². The number of aliphatic hydroxyl groups excluding tert-OH is 1. The van der Waals surface area contributed by atoms with Gasteiger partial charge in [-0.3, -0.25) is 0 Å². The second-order valence-corrected chi connectivity index (χ2v) is 8.25. The summed E-state index contributed by atoms with van der Waals surface area (Å²) in [6, 6.07) is 0. The van der Waals surface area contributed by atoms with Crippen molar-refractivity contribution in [2.75, 3.05) is 41.1 Å². The lowest BCUT2D eigenvalue weighted by Gasteiger charge is -2.13. The Morgan fingerprint density at radius 3 is 2.44 bits per heavy atom. The molecule has 16 heavy (non-hydrogen) atoms. The van der Waals surface area contributed by atoms with Crippen molar-refractivity contribution in [2.24, 2.45) is 0 Å². The quantitative estimate of drug-likeness (QED) is 0.402. The lowest BCUT2D eigenvalue weighted by molar-refractivity contribution is 0.300. The average Bonchev–Trinajstić information content (AvgIpc) is 2.32. The van der Waals surface area contributed by atoms with Crippen LogP contribution in [0.3, 0.4) is 0 Å². The Labute approximate surface area is 123 Å². The van der Waals surface area contributed by atoms with E-state index in [1.165, 1.54) is 11.5 Å². The Bertz CT molecular complexity index is 147. The standard InChI is InChI=1S/C10H22OS5/c1-9(6-11)15-5-4-14-8-10(7-13)16-3-2-12/h9-13H,2-8H2,1H3. The number of hydrogen-bond acceptors (Lipinski definition) is 6. The van der Waals surface area contributed by atoms with E-state index in [1.807, 2.05) is 35.3 Å². The van der Waals surface area contributed by atoms with Crippen LogP contribution in [0.2, 0.25) is 0 Å². The Kier molecular flexibility index (Phi) is 14.6. The highest BCUT2D eigenvalue weighted by atomic mass is 32.2. The maximum Gasteiger partial charge on any atom is 0.0547 e. The van der Waals surface area contributed by atoms with Gasteiger partial charge in [0.2, 0.25) is 0 Å². The molecule has 1 nitrogen and oxygen atoms in total. The highest BCUT2D eigenvalue weighted by Crippen LogP contribution is 2.19. The van der Waals surface area contributed by atoms with E-state index in [-0.39, 0.29) is 6.61 Å². The fourth-order valence-corrected chi connectivity index (χ4v) is 5.01. The van der Waals surface area contributed by atoms with Crippen molar-refractivity contribution in [3.8, 4) is 0 Å². The van der Waals surface area contributed by atoms with Gasteiger partial charge < -0.3 is 5.11 Å². The fraction of sp³-hybridized carbons (Fsp3) is 1.00. The summed E-state index contributed by atoms with van der Waals surface area (Å²) in [5.74, 6) is 6.49. The number of thioether (sulfide) groups is 3. The lowest BCUT2D eigenvalue weighted by Crippen LogP contribution is -2.11. The molecule has 0 aromatic carbocycles. The van der Waals surface area contributed by atoms with Crippen LogP contribution in [0, 0.1) is 0 Å². The number of rotatable bonds is 11. The van der Waals surface area contributed by atoms with Gasteiger partial charge in [-0.25, -0.2) is 0 Å². The van der Waals surface area contributed by atoms with Crippen molar-refractivity contribution in [1.29, 1.82) is 0 Å². The van der Waals surface area contributed by atoms with Crippen molar-refractivity contribution in [2.45, 2.75) is 17.4 Å². The van der Waals surface area contributed by atoms with Crippen LogP contribution in [0.4, 0.5) is 0 Å². The second-order valence-electron chi connectivity index (χ2n) is 3.34. The summed E-state index contributed by atoms with van der Waals surface area (Å²) in [5, 5.41) is 9.89. The summed E-state index contributed by atoms with van der Waals surface area (Å²) in [4.78, 5) is 0. The van der Waals surface area contributed by atoms with E-state index in [4.69, 9.17) is 5.11 Å². The fourth-order valence-electron chi connectivity index (χ4n) is 0.949. The first-order valence-electron chi connectivity index (χ1n) is 5.38. The van der Waals surface area contributed by atoms with Crippen LogP contribution in [0.5, 0.6) is 0 Å². The first-order chi connectivity index (χ1) is 7.74. The molecule has 0 amide bonds. The van der Waals surface area contributed by atoms with E-state index in [0.717, 1.165) is 23.0 Å². The highest BCUT2D eigenvalue weighted by molar-refractivity contribution is 8.05. The third-order valence-electron chi connectivity index (χ3n) is 1.84. The third kappa shape index (κ3) is 10.8. The van der Waals surface area contributed by atoms with Gasteiger partial charge in [0.15, 0.2) is 0 Å². The SMILES string of the molecule is CC(CO)SCCSCC(CS)SCCS. The van der Waals surface area contributed by atoms with Crippen molar-refractivity contribution < 1.29 is 5.11 Å². The molecule has 0 aliphatic rings. The molecule has 1 N–H and O–H groups in total. The van der Waals surface area contributed by atoms with Crippen LogP contribution < -0.4 is 0 Å². The average molecular weight is 319 g/mol. The molecule has 0 rings (SSSR count). The normalized spacial score (nSPS) is 15.0. The van der Waals surface area contributed by atoms with E-state index < -0.39 is 0 Å². The molecule has 0 heterocycles. The number of hydrogen-bond donors (Lipinski definition) is 3. The molecule has 0 aromatic rings. The van der Waals surface area contributed by atoms with E-state index in [0.29, 0.717) is 10.5 Å². The van der Waals surface area contributed by atoms with Gasteiger partial charge in [0.1, 0.15) is 0 Å². The minimum atomic E-state index is 0.284. The second kappa shape index (κ2) is 13.1. The molecule has 0 aliphatic heterocycles. The summed E-state index contributed by atoms with van der Waals surface area (Å²) >= 11 is 14.4.